The molecule has 7 heteroatoms. The average molecular weight is 384 g/mol. The minimum absolute atomic E-state index is 0.0618. The highest BCUT2D eigenvalue weighted by Crippen LogP contribution is 2.28. The number of aliphatic imine (C=N–C) groups is 1. The topological polar surface area (TPSA) is 70.6 Å². The molecule has 2 rings (SSSR count). The first kappa shape index (κ1) is 20.1. The van der Waals surface area contributed by atoms with E-state index in [0.29, 0.717) is 28.6 Å². The summed E-state index contributed by atoms with van der Waals surface area (Å²) in [4.78, 5) is 4.66. The normalized spacial score (nSPS) is 22.6. The van der Waals surface area contributed by atoms with Gasteiger partial charge in [0.2, 0.25) is 0 Å². The Bertz CT molecular complexity index is 662. The first-order valence-corrected chi connectivity index (χ1v) is 11.7. The molecule has 1 aromatic rings. The van der Waals surface area contributed by atoms with E-state index in [1.807, 2.05) is 24.8 Å². The number of guanidine groups is 1. The Morgan fingerprint density at radius 1 is 1.32 bits per heavy atom. The summed E-state index contributed by atoms with van der Waals surface area (Å²) < 4.78 is 25.2. The van der Waals surface area contributed by atoms with Crippen molar-refractivity contribution in [3.63, 3.8) is 0 Å². The molecule has 25 heavy (non-hydrogen) atoms. The molecule has 140 valence electrons. The fourth-order valence-electron chi connectivity index (χ4n) is 3.09. The van der Waals surface area contributed by atoms with Crippen LogP contribution in [0.25, 0.3) is 0 Å². The molecular formula is C18H29N3O2S2. The van der Waals surface area contributed by atoms with Gasteiger partial charge in [0.1, 0.15) is 0 Å². The minimum Gasteiger partial charge on any atom is -0.354 e. The zero-order chi connectivity index (χ0) is 18.3. The number of hydrogen-bond donors (Lipinski definition) is 2. The van der Waals surface area contributed by atoms with Crippen LogP contribution in [0.1, 0.15) is 32.6 Å². The van der Waals surface area contributed by atoms with E-state index in [1.165, 1.54) is 6.42 Å². The van der Waals surface area contributed by atoms with Gasteiger partial charge in [-0.05, 0) is 44.1 Å². The highest BCUT2D eigenvalue weighted by Gasteiger charge is 2.26. The van der Waals surface area contributed by atoms with Crippen molar-refractivity contribution in [1.82, 2.24) is 10.6 Å². The molecule has 3 unspecified atom stereocenters. The fraction of sp³-hybridized carbons (Fsp3) is 0.611. The summed E-state index contributed by atoms with van der Waals surface area (Å²) in [6.07, 6.45) is 6.34. The van der Waals surface area contributed by atoms with Crippen molar-refractivity contribution in [3.05, 3.63) is 30.3 Å². The van der Waals surface area contributed by atoms with Crippen molar-refractivity contribution >= 4 is 27.6 Å². The Labute approximate surface area is 156 Å². The zero-order valence-corrected chi connectivity index (χ0v) is 16.9. The van der Waals surface area contributed by atoms with E-state index in [2.05, 4.69) is 21.9 Å². The van der Waals surface area contributed by atoms with Crippen LogP contribution in [0, 0.1) is 0 Å². The van der Waals surface area contributed by atoms with Gasteiger partial charge in [-0.1, -0.05) is 25.1 Å². The Hall–Kier alpha value is -1.21. The van der Waals surface area contributed by atoms with Gasteiger partial charge in [0.15, 0.2) is 15.8 Å². The van der Waals surface area contributed by atoms with Gasteiger partial charge in [0.25, 0.3) is 0 Å². The van der Waals surface area contributed by atoms with Crippen LogP contribution in [0.5, 0.6) is 0 Å². The second kappa shape index (κ2) is 9.48. The molecule has 1 fully saturated rings. The quantitative estimate of drug-likeness (QED) is 0.560. The Morgan fingerprint density at radius 3 is 2.60 bits per heavy atom. The maximum absolute atomic E-state index is 12.6. The number of thioether (sulfide) groups is 1. The van der Waals surface area contributed by atoms with Gasteiger partial charge in [-0.2, -0.15) is 11.8 Å². The van der Waals surface area contributed by atoms with Crippen molar-refractivity contribution < 1.29 is 8.42 Å². The fourth-order valence-corrected chi connectivity index (χ4v) is 5.50. The van der Waals surface area contributed by atoms with E-state index in [1.54, 1.807) is 31.3 Å². The molecule has 0 amide bonds. The van der Waals surface area contributed by atoms with Crippen LogP contribution in [0.15, 0.2) is 40.2 Å². The third-order valence-electron chi connectivity index (χ3n) is 4.64. The molecule has 0 spiro atoms. The van der Waals surface area contributed by atoms with Crippen molar-refractivity contribution in [1.29, 1.82) is 0 Å². The molecule has 2 N–H and O–H groups in total. The highest BCUT2D eigenvalue weighted by molar-refractivity contribution is 7.99. The van der Waals surface area contributed by atoms with Crippen molar-refractivity contribution in [2.75, 3.05) is 19.1 Å². The van der Waals surface area contributed by atoms with Gasteiger partial charge in [0, 0.05) is 24.4 Å². The Balaban J connectivity index is 1.96. The van der Waals surface area contributed by atoms with Gasteiger partial charge >= 0.3 is 0 Å². The standard InChI is InChI=1S/C18H29N3O2S2/c1-4-14(13-25(22,23)17-8-6-5-7-9-17)20-18(19-2)21-15-10-11-16(12-15)24-3/h5-9,14-16H,4,10-13H2,1-3H3,(H2,19,20,21). The molecule has 0 heterocycles. The first-order valence-electron chi connectivity index (χ1n) is 8.79. The van der Waals surface area contributed by atoms with Crippen LogP contribution in [0.4, 0.5) is 0 Å². The van der Waals surface area contributed by atoms with Gasteiger partial charge in [-0.15, -0.1) is 0 Å². The predicted octanol–water partition coefficient (Wildman–Crippen LogP) is 2.69. The number of nitrogens with one attached hydrogen (secondary N) is 2. The van der Waals surface area contributed by atoms with E-state index < -0.39 is 9.84 Å². The first-order chi connectivity index (χ1) is 12.0. The largest absolute Gasteiger partial charge is 0.354 e. The summed E-state index contributed by atoms with van der Waals surface area (Å²) in [5.41, 5.74) is 0. The summed E-state index contributed by atoms with van der Waals surface area (Å²) in [6.45, 7) is 1.99. The number of nitrogens with zero attached hydrogens (tertiary/aromatic N) is 1. The summed E-state index contributed by atoms with van der Waals surface area (Å²) in [5, 5.41) is 7.45. The lowest BCUT2D eigenvalue weighted by Crippen LogP contribution is -2.48. The summed E-state index contributed by atoms with van der Waals surface area (Å²) in [5.74, 6) is 0.758. The van der Waals surface area contributed by atoms with Gasteiger partial charge in [-0.25, -0.2) is 8.42 Å². The van der Waals surface area contributed by atoms with E-state index in [0.717, 1.165) is 12.8 Å². The average Bonchev–Trinajstić information content (AvgIpc) is 3.08. The van der Waals surface area contributed by atoms with Gasteiger partial charge in [-0.3, -0.25) is 4.99 Å². The molecule has 3 atom stereocenters. The van der Waals surface area contributed by atoms with Gasteiger partial charge < -0.3 is 10.6 Å². The zero-order valence-electron chi connectivity index (χ0n) is 15.2. The van der Waals surface area contributed by atoms with Crippen LogP contribution in [0.2, 0.25) is 0 Å². The second-order valence-electron chi connectivity index (χ2n) is 6.43. The molecule has 1 aliphatic rings. The predicted molar refractivity (Wildman–Crippen MR) is 107 cm³/mol. The van der Waals surface area contributed by atoms with Crippen molar-refractivity contribution in [2.24, 2.45) is 4.99 Å². The SMILES string of the molecule is CCC(CS(=O)(=O)c1ccccc1)NC(=NC)NC1CCC(SC)C1. The van der Waals surface area contributed by atoms with E-state index >= 15 is 0 Å². The number of hydrogen-bond acceptors (Lipinski definition) is 4. The lowest BCUT2D eigenvalue weighted by molar-refractivity contribution is 0.558. The smallest absolute Gasteiger partial charge is 0.191 e. The van der Waals surface area contributed by atoms with Gasteiger partial charge in [0.05, 0.1) is 10.6 Å². The van der Waals surface area contributed by atoms with E-state index in [9.17, 15) is 8.42 Å². The number of benzene rings is 1. The third-order valence-corrected chi connectivity index (χ3v) is 7.57. The maximum Gasteiger partial charge on any atom is 0.191 e. The van der Waals surface area contributed by atoms with Crippen LogP contribution < -0.4 is 10.6 Å². The van der Waals surface area contributed by atoms with Crippen LogP contribution in [-0.2, 0) is 9.84 Å². The summed E-state index contributed by atoms with van der Waals surface area (Å²) >= 11 is 1.92. The summed E-state index contributed by atoms with van der Waals surface area (Å²) in [7, 11) is -1.58. The summed E-state index contributed by atoms with van der Waals surface area (Å²) in [6, 6.07) is 8.87. The Kier molecular flexibility index (Phi) is 7.62. The Morgan fingerprint density at radius 2 is 2.04 bits per heavy atom. The van der Waals surface area contributed by atoms with Crippen LogP contribution in [0.3, 0.4) is 0 Å². The minimum atomic E-state index is -3.31. The maximum atomic E-state index is 12.6. The van der Waals surface area contributed by atoms with E-state index in [4.69, 9.17) is 0 Å². The molecule has 0 bridgehead atoms. The lowest BCUT2D eigenvalue weighted by Gasteiger charge is -2.23. The molecule has 5 nitrogen and oxygen atoms in total. The molecule has 1 aliphatic carbocycles. The molecular weight excluding hydrogens is 354 g/mol. The third kappa shape index (κ3) is 5.92. The molecule has 0 saturated heterocycles. The molecule has 0 aromatic heterocycles. The van der Waals surface area contributed by atoms with E-state index in [-0.39, 0.29) is 11.8 Å². The van der Waals surface area contributed by atoms with Crippen molar-refractivity contribution in [3.8, 4) is 0 Å². The monoisotopic (exact) mass is 383 g/mol. The lowest BCUT2D eigenvalue weighted by atomic mass is 10.2. The second-order valence-corrected chi connectivity index (χ2v) is 9.60. The number of sulfone groups is 1. The molecule has 1 aromatic carbocycles. The molecule has 0 radical (unpaired) electrons. The highest BCUT2D eigenvalue weighted by atomic mass is 32.2. The molecule has 1 saturated carbocycles. The van der Waals surface area contributed by atoms with Crippen LogP contribution in [-0.4, -0.2) is 50.8 Å². The van der Waals surface area contributed by atoms with Crippen LogP contribution >= 0.6 is 11.8 Å². The number of rotatable bonds is 7. The van der Waals surface area contributed by atoms with Crippen molar-refractivity contribution in [2.45, 2.75) is 54.8 Å². The molecule has 0 aliphatic heterocycles.